The fraction of sp³-hybridized carbons (Fsp3) is 1.00. The molecule has 0 spiro atoms. The summed E-state index contributed by atoms with van der Waals surface area (Å²) in [5.74, 6) is 0.287. The SMILES string of the molecule is CC(CCC(F)(F)F)C1CP1. The van der Waals surface area contributed by atoms with Crippen molar-refractivity contribution in [2.24, 2.45) is 5.92 Å². The van der Waals surface area contributed by atoms with Crippen molar-refractivity contribution >= 4 is 8.58 Å². The van der Waals surface area contributed by atoms with Crippen molar-refractivity contribution in [1.29, 1.82) is 0 Å². The second-order valence-electron chi connectivity index (χ2n) is 3.15. The lowest BCUT2D eigenvalue weighted by Gasteiger charge is -2.10. The molecule has 0 aromatic heterocycles. The van der Waals surface area contributed by atoms with Crippen LogP contribution < -0.4 is 0 Å². The normalized spacial score (nSPS) is 28.9. The van der Waals surface area contributed by atoms with Crippen molar-refractivity contribution < 1.29 is 13.2 Å². The van der Waals surface area contributed by atoms with Crippen LogP contribution in [0.4, 0.5) is 13.2 Å². The minimum atomic E-state index is -3.95. The van der Waals surface area contributed by atoms with Crippen LogP contribution in [0.3, 0.4) is 0 Å². The highest BCUT2D eigenvalue weighted by atomic mass is 31.1. The molecule has 3 atom stereocenters. The van der Waals surface area contributed by atoms with Gasteiger partial charge in [0.2, 0.25) is 0 Å². The van der Waals surface area contributed by atoms with Gasteiger partial charge in [-0.2, -0.15) is 13.2 Å². The Morgan fingerprint density at radius 3 is 2.45 bits per heavy atom. The van der Waals surface area contributed by atoms with Gasteiger partial charge in [-0.15, -0.1) is 8.58 Å². The summed E-state index contributed by atoms with van der Waals surface area (Å²) >= 11 is 0. The van der Waals surface area contributed by atoms with Crippen LogP contribution in [0.25, 0.3) is 0 Å². The van der Waals surface area contributed by atoms with Crippen molar-refractivity contribution in [1.82, 2.24) is 0 Å². The number of alkyl halides is 3. The average molecular weight is 184 g/mol. The predicted octanol–water partition coefficient (Wildman–Crippen LogP) is 3.03. The quantitative estimate of drug-likeness (QED) is 0.591. The molecule has 0 nitrogen and oxygen atoms in total. The van der Waals surface area contributed by atoms with E-state index in [9.17, 15) is 13.2 Å². The maximum absolute atomic E-state index is 11.7. The van der Waals surface area contributed by atoms with E-state index in [-0.39, 0.29) is 5.92 Å². The first-order valence-corrected chi connectivity index (χ1v) is 5.07. The second kappa shape index (κ2) is 3.30. The molecule has 3 unspecified atom stereocenters. The van der Waals surface area contributed by atoms with Crippen LogP contribution in [0.1, 0.15) is 19.8 Å². The summed E-state index contributed by atoms with van der Waals surface area (Å²) in [5, 5.41) is 0. The Hall–Kier alpha value is 0.220. The molecule has 1 heterocycles. The van der Waals surface area contributed by atoms with E-state index >= 15 is 0 Å². The highest BCUT2D eigenvalue weighted by Gasteiger charge is 2.32. The van der Waals surface area contributed by atoms with E-state index < -0.39 is 12.6 Å². The third-order valence-electron chi connectivity index (χ3n) is 2.01. The van der Waals surface area contributed by atoms with E-state index in [1.165, 1.54) is 6.16 Å². The summed E-state index contributed by atoms with van der Waals surface area (Å²) in [6.07, 6.45) is -3.07. The number of hydrogen-bond donors (Lipinski definition) is 0. The molecule has 0 amide bonds. The van der Waals surface area contributed by atoms with Crippen molar-refractivity contribution in [3.63, 3.8) is 0 Å². The lowest BCUT2D eigenvalue weighted by molar-refractivity contribution is -0.137. The van der Waals surface area contributed by atoms with E-state index in [1.54, 1.807) is 0 Å². The molecule has 0 saturated carbocycles. The van der Waals surface area contributed by atoms with Crippen LogP contribution in [-0.2, 0) is 0 Å². The number of rotatable bonds is 3. The Balaban J connectivity index is 2.10. The molecule has 1 aliphatic rings. The zero-order valence-corrected chi connectivity index (χ0v) is 7.41. The van der Waals surface area contributed by atoms with E-state index in [0.29, 0.717) is 12.1 Å². The van der Waals surface area contributed by atoms with Gasteiger partial charge in [-0.3, -0.25) is 0 Å². The van der Waals surface area contributed by atoms with Gasteiger partial charge in [0.1, 0.15) is 0 Å². The lowest BCUT2D eigenvalue weighted by Crippen LogP contribution is -2.11. The third kappa shape index (κ3) is 3.95. The molecule has 1 aliphatic heterocycles. The van der Waals surface area contributed by atoms with Crippen LogP contribution in [0.15, 0.2) is 0 Å². The molecule has 0 aliphatic carbocycles. The first-order valence-electron chi connectivity index (χ1n) is 3.79. The molecule has 0 N–H and O–H groups in total. The standard InChI is InChI=1S/C7H12F3P/c1-5(6-4-11-6)2-3-7(8,9)10/h5-6,11H,2-4H2,1H3. The molecule has 0 aromatic carbocycles. The molecule has 0 radical (unpaired) electrons. The summed E-state index contributed by atoms with van der Waals surface area (Å²) in [5.41, 5.74) is 0.623. The smallest absolute Gasteiger partial charge is 0.171 e. The molecule has 11 heavy (non-hydrogen) atoms. The van der Waals surface area contributed by atoms with Crippen LogP contribution in [-0.4, -0.2) is 18.0 Å². The largest absolute Gasteiger partial charge is 0.389 e. The molecular weight excluding hydrogens is 172 g/mol. The van der Waals surface area contributed by atoms with Gasteiger partial charge in [0.25, 0.3) is 0 Å². The first kappa shape index (κ1) is 9.31. The number of hydrogen-bond acceptors (Lipinski definition) is 0. The molecule has 4 heteroatoms. The fourth-order valence-electron chi connectivity index (χ4n) is 1.06. The Kier molecular flexibility index (Phi) is 2.79. The minimum Gasteiger partial charge on any atom is -0.171 e. The van der Waals surface area contributed by atoms with Crippen molar-refractivity contribution in [2.45, 2.75) is 31.6 Å². The maximum atomic E-state index is 11.7. The van der Waals surface area contributed by atoms with Gasteiger partial charge < -0.3 is 0 Å². The van der Waals surface area contributed by atoms with E-state index in [1.807, 2.05) is 6.92 Å². The topological polar surface area (TPSA) is 0 Å². The minimum absolute atomic E-state index is 0.287. The molecule has 1 saturated heterocycles. The van der Waals surface area contributed by atoms with E-state index in [0.717, 1.165) is 8.58 Å². The van der Waals surface area contributed by atoms with Crippen LogP contribution in [0, 0.1) is 5.92 Å². The van der Waals surface area contributed by atoms with Crippen LogP contribution >= 0.6 is 8.58 Å². The Morgan fingerprint density at radius 1 is 1.55 bits per heavy atom. The lowest BCUT2D eigenvalue weighted by atomic mass is 10.0. The van der Waals surface area contributed by atoms with E-state index in [2.05, 4.69) is 0 Å². The molecular formula is C7H12F3P. The summed E-state index contributed by atoms with van der Waals surface area (Å²) in [6, 6.07) is 0. The van der Waals surface area contributed by atoms with Crippen LogP contribution in [0.2, 0.25) is 0 Å². The van der Waals surface area contributed by atoms with Crippen LogP contribution in [0.5, 0.6) is 0 Å². The van der Waals surface area contributed by atoms with Gasteiger partial charge in [-0.25, -0.2) is 0 Å². The van der Waals surface area contributed by atoms with Gasteiger partial charge >= 0.3 is 6.18 Å². The Morgan fingerprint density at radius 2 is 2.09 bits per heavy atom. The van der Waals surface area contributed by atoms with Gasteiger partial charge in [-0.1, -0.05) is 6.92 Å². The Labute approximate surface area is 66.3 Å². The van der Waals surface area contributed by atoms with Crippen molar-refractivity contribution in [3.8, 4) is 0 Å². The van der Waals surface area contributed by atoms with Gasteiger partial charge in [0.05, 0.1) is 0 Å². The number of halogens is 3. The zero-order chi connectivity index (χ0) is 8.48. The van der Waals surface area contributed by atoms with Gasteiger partial charge in [-0.05, 0) is 24.2 Å². The summed E-state index contributed by atoms with van der Waals surface area (Å²) in [4.78, 5) is 0. The monoisotopic (exact) mass is 184 g/mol. The molecule has 66 valence electrons. The van der Waals surface area contributed by atoms with Gasteiger partial charge in [0.15, 0.2) is 0 Å². The summed E-state index contributed by atoms with van der Waals surface area (Å²) < 4.78 is 35.1. The Bertz CT molecular complexity index is 128. The molecule has 0 aromatic rings. The van der Waals surface area contributed by atoms with E-state index in [4.69, 9.17) is 0 Å². The van der Waals surface area contributed by atoms with Crippen molar-refractivity contribution in [3.05, 3.63) is 0 Å². The summed E-state index contributed by atoms with van der Waals surface area (Å²) in [7, 11) is 0.931. The molecule has 1 fully saturated rings. The van der Waals surface area contributed by atoms with Crippen molar-refractivity contribution in [2.75, 3.05) is 6.16 Å². The zero-order valence-electron chi connectivity index (χ0n) is 6.41. The molecule has 1 rings (SSSR count). The fourth-order valence-corrected chi connectivity index (χ4v) is 2.17. The van der Waals surface area contributed by atoms with Gasteiger partial charge in [0, 0.05) is 6.42 Å². The first-order chi connectivity index (χ1) is 4.99. The third-order valence-corrected chi connectivity index (χ3v) is 3.46. The predicted molar refractivity (Wildman–Crippen MR) is 41.4 cm³/mol. The second-order valence-corrected chi connectivity index (χ2v) is 4.70. The highest BCUT2D eigenvalue weighted by molar-refractivity contribution is 7.47. The highest BCUT2D eigenvalue weighted by Crippen LogP contribution is 2.45. The maximum Gasteiger partial charge on any atom is 0.389 e. The summed E-state index contributed by atoms with van der Waals surface area (Å²) in [6.45, 7) is 1.93. The molecule has 0 bridgehead atoms. The average Bonchev–Trinajstić information content (AvgIpc) is 2.61.